The van der Waals surface area contributed by atoms with E-state index in [-0.39, 0.29) is 12.5 Å². The van der Waals surface area contributed by atoms with Crippen LogP contribution in [0, 0.1) is 0 Å². The molecule has 0 saturated carbocycles. The Morgan fingerprint density at radius 2 is 1.52 bits per heavy atom. The number of methoxy groups -OCH3 is 3. The predicted molar refractivity (Wildman–Crippen MR) is 132 cm³/mol. The van der Waals surface area contributed by atoms with Gasteiger partial charge in [0.2, 0.25) is 0 Å². The summed E-state index contributed by atoms with van der Waals surface area (Å²) in [7, 11) is 1.08. The maximum atomic E-state index is 12.1. The zero-order valence-electron chi connectivity index (χ0n) is 20.0. The van der Waals surface area contributed by atoms with Crippen molar-refractivity contribution in [2.45, 2.75) is 32.9 Å². The molecule has 182 valence electrons. The van der Waals surface area contributed by atoms with Crippen LogP contribution in [0.25, 0.3) is 12.2 Å². The van der Waals surface area contributed by atoms with Gasteiger partial charge in [0.1, 0.15) is 0 Å². The fourth-order valence-electron chi connectivity index (χ4n) is 2.99. The van der Waals surface area contributed by atoms with Crippen LogP contribution in [0.2, 0.25) is 0 Å². The molecule has 0 heterocycles. The fraction of sp³-hybridized carbons (Fsp3) is 0.375. The van der Waals surface area contributed by atoms with Gasteiger partial charge in [-0.05, 0) is 0 Å². The molecule has 1 atom stereocenters. The Labute approximate surface area is 196 Å². The van der Waals surface area contributed by atoms with Crippen molar-refractivity contribution in [3.8, 4) is 17.2 Å². The van der Waals surface area contributed by atoms with Crippen LogP contribution in [-0.4, -0.2) is 50.7 Å². The van der Waals surface area contributed by atoms with E-state index in [0.29, 0.717) is 17.2 Å². The summed E-state index contributed by atoms with van der Waals surface area (Å²) in [6, 6.07) is 12.1. The van der Waals surface area contributed by atoms with Crippen LogP contribution in [0.15, 0.2) is 42.5 Å². The van der Waals surface area contributed by atoms with Crippen molar-refractivity contribution in [3.05, 3.63) is 53.6 Å². The number of esters is 1. The normalized spacial score (nSPS) is 13.1. The number of ether oxygens (including phenoxy) is 4. The molecule has 0 aliphatic heterocycles. The van der Waals surface area contributed by atoms with Crippen LogP contribution in [0.3, 0.4) is 0 Å². The third-order valence-corrected chi connectivity index (χ3v) is 6.63. The van der Waals surface area contributed by atoms with Crippen LogP contribution in [-0.2, 0) is 14.3 Å². The molecular formula is C24H34NO7P. The van der Waals surface area contributed by atoms with E-state index in [1.54, 1.807) is 47.1 Å². The number of rotatable bonds is 12. The third-order valence-electron chi connectivity index (χ3n) is 4.50. The number of benzene rings is 2. The number of nitrogens with one attached hydrogen (secondary N) is 1. The number of hydrogen-bond donors (Lipinski definition) is 2. The van der Waals surface area contributed by atoms with E-state index in [9.17, 15) is 9.69 Å². The molecule has 2 aromatic rings. The molecule has 2 N–H and O–H groups in total. The van der Waals surface area contributed by atoms with Crippen molar-refractivity contribution in [1.82, 2.24) is 5.09 Å². The first-order chi connectivity index (χ1) is 15.7. The third kappa shape index (κ3) is 8.67. The Hall–Kier alpha value is -2.64. The van der Waals surface area contributed by atoms with Gasteiger partial charge in [0.25, 0.3) is 0 Å². The topological polar surface area (TPSA) is 95.5 Å². The molecule has 0 saturated heterocycles. The van der Waals surface area contributed by atoms with Crippen LogP contribution in [0.5, 0.6) is 17.2 Å². The monoisotopic (exact) mass is 479 g/mol. The van der Waals surface area contributed by atoms with Gasteiger partial charge >= 0.3 is 196 Å². The zero-order chi connectivity index (χ0) is 24.4. The fourth-order valence-corrected chi connectivity index (χ4v) is 4.90. The number of hydrogen-bond acceptors (Lipinski definition) is 8. The van der Waals surface area contributed by atoms with Gasteiger partial charge in [-0.25, -0.2) is 0 Å². The van der Waals surface area contributed by atoms with Gasteiger partial charge in [0.05, 0.1) is 0 Å². The Kier molecular flexibility index (Phi) is 10.1. The van der Waals surface area contributed by atoms with Crippen molar-refractivity contribution in [2.75, 3.05) is 27.7 Å². The molecule has 0 aliphatic rings. The summed E-state index contributed by atoms with van der Waals surface area (Å²) in [5.74, 6) is 1.40. The average Bonchev–Trinajstić information content (AvgIpc) is 2.77. The van der Waals surface area contributed by atoms with Gasteiger partial charge in [-0.2, -0.15) is 0 Å². The van der Waals surface area contributed by atoms with Gasteiger partial charge in [-0.15, -0.1) is 0 Å². The summed E-state index contributed by atoms with van der Waals surface area (Å²) in [6.45, 7) is 5.14. The summed E-state index contributed by atoms with van der Waals surface area (Å²) >= 11 is 0. The van der Waals surface area contributed by atoms with Crippen LogP contribution < -0.4 is 19.1 Å². The molecule has 0 spiro atoms. The first-order valence-corrected chi connectivity index (χ1v) is 12.6. The first-order valence-electron chi connectivity index (χ1n) is 10.6. The molecule has 0 amide bonds. The minimum atomic E-state index is -3.60. The SMILES string of the molecule is COC[PH](O)(N[C@@H](C)C(=O)OC(C)C)Oc1ccc(/C=C/c2cc(OC)cc(OC)c2)cc1. The van der Waals surface area contributed by atoms with Crippen molar-refractivity contribution in [2.24, 2.45) is 0 Å². The molecule has 0 aliphatic carbocycles. The Morgan fingerprint density at radius 3 is 2.03 bits per heavy atom. The molecular weight excluding hydrogens is 445 g/mol. The van der Waals surface area contributed by atoms with Crippen molar-refractivity contribution >= 4 is 26.0 Å². The molecule has 2 aromatic carbocycles. The van der Waals surface area contributed by atoms with E-state index < -0.39 is 19.9 Å². The van der Waals surface area contributed by atoms with Gasteiger partial charge in [-0.3, -0.25) is 0 Å². The molecule has 2 rings (SSSR count). The van der Waals surface area contributed by atoms with Crippen molar-refractivity contribution in [3.63, 3.8) is 0 Å². The van der Waals surface area contributed by atoms with E-state index in [0.717, 1.165) is 11.1 Å². The summed E-state index contributed by atoms with van der Waals surface area (Å²) in [6.07, 6.45) is 3.57. The number of carbonyl (C=O) groups is 1. The van der Waals surface area contributed by atoms with Gasteiger partial charge in [0.15, 0.2) is 0 Å². The second-order valence-electron chi connectivity index (χ2n) is 7.72. The van der Waals surface area contributed by atoms with Gasteiger partial charge in [0, 0.05) is 0 Å². The van der Waals surface area contributed by atoms with E-state index >= 15 is 0 Å². The molecule has 0 radical (unpaired) electrons. The zero-order valence-corrected chi connectivity index (χ0v) is 21.0. The van der Waals surface area contributed by atoms with Crippen LogP contribution in [0.1, 0.15) is 31.9 Å². The molecule has 0 unspecified atom stereocenters. The Morgan fingerprint density at radius 1 is 0.939 bits per heavy atom. The second-order valence-corrected chi connectivity index (χ2v) is 10.1. The molecule has 0 bridgehead atoms. The standard InChI is InChI=1S/C24H34NO7P/c1-17(2)31-24(26)18(3)25-33(27,16-28-4)32-21-11-9-19(10-12-21)7-8-20-13-22(29-5)15-23(14-20)30-6/h7-15,17-18,25,27,33H,16H2,1-6H3/b8-7+/t18-/m0/s1. The quantitative estimate of drug-likeness (QED) is 0.265. The first kappa shape index (κ1) is 26.6. The van der Waals surface area contributed by atoms with Gasteiger partial charge < -0.3 is 0 Å². The number of carbonyl (C=O) groups excluding carboxylic acids is 1. The van der Waals surface area contributed by atoms with Crippen LogP contribution >= 0.6 is 7.87 Å². The molecule has 33 heavy (non-hydrogen) atoms. The second kappa shape index (κ2) is 12.6. The maximum absolute atomic E-state index is 12.1. The van der Waals surface area contributed by atoms with E-state index in [2.05, 4.69) is 5.09 Å². The Bertz CT molecular complexity index is 911. The van der Waals surface area contributed by atoms with Crippen molar-refractivity contribution in [1.29, 1.82) is 0 Å². The summed E-state index contributed by atoms with van der Waals surface area (Å²) in [5.41, 5.74) is 1.86. The molecule has 9 heteroatoms. The van der Waals surface area contributed by atoms with E-state index in [4.69, 9.17) is 23.5 Å². The molecule has 0 fully saturated rings. The van der Waals surface area contributed by atoms with Crippen LogP contribution in [0.4, 0.5) is 0 Å². The van der Waals surface area contributed by atoms with E-state index in [1.807, 2.05) is 42.5 Å². The molecule has 8 nitrogen and oxygen atoms in total. The summed E-state index contributed by atoms with van der Waals surface area (Å²) in [5, 5.41) is 2.87. The van der Waals surface area contributed by atoms with Gasteiger partial charge in [-0.1, -0.05) is 0 Å². The predicted octanol–water partition coefficient (Wildman–Crippen LogP) is 4.27. The molecule has 0 aromatic heterocycles. The average molecular weight is 480 g/mol. The summed E-state index contributed by atoms with van der Waals surface area (Å²) in [4.78, 5) is 23.1. The Balaban J connectivity index is 2.09. The van der Waals surface area contributed by atoms with Crippen molar-refractivity contribution < 1.29 is 33.2 Å². The minimum absolute atomic E-state index is 0.0639. The summed E-state index contributed by atoms with van der Waals surface area (Å²) < 4.78 is 26.7. The van der Waals surface area contributed by atoms with E-state index in [1.165, 1.54) is 7.11 Å².